The van der Waals surface area contributed by atoms with Crippen LogP contribution in [0.25, 0.3) is 0 Å². The molecule has 0 aliphatic heterocycles. The smallest absolute Gasteiger partial charge is 0.304 e. The summed E-state index contributed by atoms with van der Waals surface area (Å²) in [5, 5.41) is 0. The third kappa shape index (κ3) is 7.78. The van der Waals surface area contributed by atoms with E-state index in [0.717, 1.165) is 19.3 Å². The summed E-state index contributed by atoms with van der Waals surface area (Å²) < 4.78 is 10.2. The van der Waals surface area contributed by atoms with E-state index in [1.807, 2.05) is 6.92 Å². The Labute approximate surface area is 80.4 Å². The van der Waals surface area contributed by atoms with Crippen LogP contribution in [0.5, 0.6) is 0 Å². The van der Waals surface area contributed by atoms with E-state index in [-0.39, 0.29) is 12.3 Å². The third-order valence-electron chi connectivity index (χ3n) is 1.69. The molecule has 0 heterocycles. The van der Waals surface area contributed by atoms with Gasteiger partial charge in [0.15, 0.2) is 0 Å². The van der Waals surface area contributed by atoms with Gasteiger partial charge in [0.2, 0.25) is 6.29 Å². The van der Waals surface area contributed by atoms with E-state index in [1.54, 1.807) is 0 Å². The van der Waals surface area contributed by atoms with Crippen LogP contribution < -0.4 is 0 Å². The maximum Gasteiger partial charge on any atom is 0.304 e. The van der Waals surface area contributed by atoms with Crippen molar-refractivity contribution in [3.63, 3.8) is 0 Å². The molecule has 1 unspecified atom stereocenters. The molecule has 3 heteroatoms. The number of ether oxygens (including phenoxy) is 2. The molecule has 0 amide bonds. The number of unbranched alkanes of at least 4 members (excludes halogenated alkanes) is 2. The van der Waals surface area contributed by atoms with Crippen LogP contribution in [0.4, 0.5) is 0 Å². The van der Waals surface area contributed by atoms with Crippen LogP contribution in [0.3, 0.4) is 0 Å². The molecule has 0 aliphatic rings. The van der Waals surface area contributed by atoms with E-state index in [2.05, 4.69) is 6.92 Å². The van der Waals surface area contributed by atoms with Crippen LogP contribution >= 0.6 is 0 Å². The highest BCUT2D eigenvalue weighted by molar-refractivity contribution is 5.66. The third-order valence-corrected chi connectivity index (χ3v) is 1.69. The van der Waals surface area contributed by atoms with Gasteiger partial charge in [-0.25, -0.2) is 0 Å². The van der Waals surface area contributed by atoms with Crippen LogP contribution in [-0.2, 0) is 14.3 Å². The van der Waals surface area contributed by atoms with Crippen LogP contribution in [-0.4, -0.2) is 18.9 Å². The summed E-state index contributed by atoms with van der Waals surface area (Å²) in [5.41, 5.74) is 0. The summed E-state index contributed by atoms with van der Waals surface area (Å²) in [4.78, 5) is 10.7. The minimum atomic E-state index is -0.339. The van der Waals surface area contributed by atoms with Crippen molar-refractivity contribution in [1.29, 1.82) is 0 Å². The van der Waals surface area contributed by atoms with E-state index in [1.165, 1.54) is 13.3 Å². The molecule has 78 valence electrons. The van der Waals surface area contributed by atoms with Crippen molar-refractivity contribution in [2.24, 2.45) is 0 Å². The average molecular weight is 188 g/mol. The molecule has 0 saturated carbocycles. The molecule has 13 heavy (non-hydrogen) atoms. The van der Waals surface area contributed by atoms with Crippen molar-refractivity contribution in [2.75, 3.05) is 6.61 Å². The molecular weight excluding hydrogens is 168 g/mol. The molecule has 0 aliphatic carbocycles. The molecule has 0 bridgehead atoms. The first-order chi connectivity index (χ1) is 6.20. The van der Waals surface area contributed by atoms with Gasteiger partial charge in [-0.3, -0.25) is 4.79 Å². The van der Waals surface area contributed by atoms with Gasteiger partial charge >= 0.3 is 5.97 Å². The molecule has 0 aromatic heterocycles. The van der Waals surface area contributed by atoms with Crippen molar-refractivity contribution in [2.45, 2.75) is 52.7 Å². The second kappa shape index (κ2) is 8.05. The van der Waals surface area contributed by atoms with Crippen molar-refractivity contribution >= 4 is 5.97 Å². The van der Waals surface area contributed by atoms with Crippen molar-refractivity contribution in [3.8, 4) is 0 Å². The monoisotopic (exact) mass is 188 g/mol. The largest absolute Gasteiger partial charge is 0.436 e. The highest BCUT2D eigenvalue weighted by Gasteiger charge is 2.10. The summed E-state index contributed by atoms with van der Waals surface area (Å²) in [5.74, 6) is -0.269. The highest BCUT2D eigenvalue weighted by atomic mass is 16.7. The summed E-state index contributed by atoms with van der Waals surface area (Å²) in [6.07, 6.45) is 3.84. The first kappa shape index (κ1) is 12.4. The standard InChI is InChI=1S/C10H20O3/c1-4-6-7-8-10(12-5-2)13-9(3)11/h10H,4-8H2,1-3H3. The van der Waals surface area contributed by atoms with E-state index in [9.17, 15) is 4.79 Å². The van der Waals surface area contributed by atoms with Gasteiger partial charge in [0.05, 0.1) is 0 Å². The van der Waals surface area contributed by atoms with Gasteiger partial charge in [-0.2, -0.15) is 0 Å². The van der Waals surface area contributed by atoms with E-state index < -0.39 is 0 Å². The van der Waals surface area contributed by atoms with Crippen LogP contribution in [0.1, 0.15) is 46.5 Å². The Morgan fingerprint density at radius 3 is 2.46 bits per heavy atom. The van der Waals surface area contributed by atoms with Crippen molar-refractivity contribution in [1.82, 2.24) is 0 Å². The van der Waals surface area contributed by atoms with Crippen LogP contribution in [0.15, 0.2) is 0 Å². The van der Waals surface area contributed by atoms with Crippen molar-refractivity contribution < 1.29 is 14.3 Å². The predicted molar refractivity (Wildman–Crippen MR) is 51.3 cm³/mol. The SMILES string of the molecule is CCCCCC(OCC)OC(C)=O. The van der Waals surface area contributed by atoms with Crippen LogP contribution in [0.2, 0.25) is 0 Å². The van der Waals surface area contributed by atoms with Gasteiger partial charge in [0.25, 0.3) is 0 Å². The Morgan fingerprint density at radius 1 is 1.31 bits per heavy atom. The number of rotatable bonds is 7. The summed E-state index contributed by atoms with van der Waals surface area (Å²) >= 11 is 0. The molecule has 3 nitrogen and oxygen atoms in total. The predicted octanol–water partition coefficient (Wildman–Crippen LogP) is 2.49. The van der Waals surface area contributed by atoms with Gasteiger partial charge in [0.1, 0.15) is 0 Å². The zero-order valence-corrected chi connectivity index (χ0v) is 8.84. The molecule has 1 atom stereocenters. The van der Waals surface area contributed by atoms with Crippen molar-refractivity contribution in [3.05, 3.63) is 0 Å². The maximum absolute atomic E-state index is 10.7. The van der Waals surface area contributed by atoms with Gasteiger partial charge in [0, 0.05) is 20.0 Å². The Hall–Kier alpha value is -0.570. The Balaban J connectivity index is 3.59. The lowest BCUT2D eigenvalue weighted by Gasteiger charge is -2.16. The lowest BCUT2D eigenvalue weighted by molar-refractivity contribution is -0.176. The average Bonchev–Trinajstić information content (AvgIpc) is 2.04. The first-order valence-electron chi connectivity index (χ1n) is 4.99. The Bertz CT molecular complexity index is 134. The normalized spacial score (nSPS) is 12.5. The second-order valence-corrected chi connectivity index (χ2v) is 2.99. The van der Waals surface area contributed by atoms with Gasteiger partial charge < -0.3 is 9.47 Å². The van der Waals surface area contributed by atoms with Crippen LogP contribution in [0, 0.1) is 0 Å². The fourth-order valence-electron chi connectivity index (χ4n) is 1.11. The quantitative estimate of drug-likeness (QED) is 0.350. The molecule has 0 saturated heterocycles. The summed E-state index contributed by atoms with van der Waals surface area (Å²) in [7, 11) is 0. The number of carbonyl (C=O) groups excluding carboxylic acids is 1. The lowest BCUT2D eigenvalue weighted by atomic mass is 10.2. The topological polar surface area (TPSA) is 35.5 Å². The molecule has 0 rings (SSSR count). The molecule has 0 aromatic rings. The molecule has 0 fully saturated rings. The molecule has 0 N–H and O–H groups in total. The summed E-state index contributed by atoms with van der Waals surface area (Å²) in [6, 6.07) is 0. The molecule has 0 radical (unpaired) electrons. The number of hydrogen-bond donors (Lipinski definition) is 0. The first-order valence-corrected chi connectivity index (χ1v) is 4.99. The van der Waals surface area contributed by atoms with E-state index >= 15 is 0 Å². The molecular formula is C10H20O3. The van der Waals surface area contributed by atoms with E-state index in [0.29, 0.717) is 6.61 Å². The number of carbonyl (C=O) groups is 1. The highest BCUT2D eigenvalue weighted by Crippen LogP contribution is 2.08. The Kier molecular flexibility index (Phi) is 7.69. The fraction of sp³-hybridized carbons (Fsp3) is 0.900. The Morgan fingerprint density at radius 2 is 2.00 bits per heavy atom. The zero-order valence-electron chi connectivity index (χ0n) is 8.84. The van der Waals surface area contributed by atoms with Gasteiger partial charge in [-0.05, 0) is 13.3 Å². The van der Waals surface area contributed by atoms with Gasteiger partial charge in [-0.15, -0.1) is 0 Å². The van der Waals surface area contributed by atoms with Gasteiger partial charge in [-0.1, -0.05) is 19.8 Å². The van der Waals surface area contributed by atoms with E-state index in [4.69, 9.17) is 9.47 Å². The lowest BCUT2D eigenvalue weighted by Crippen LogP contribution is -2.19. The fourth-order valence-corrected chi connectivity index (χ4v) is 1.11. The minimum absolute atomic E-state index is 0.269. The minimum Gasteiger partial charge on any atom is -0.436 e. The second-order valence-electron chi connectivity index (χ2n) is 2.99. The molecule has 0 aromatic carbocycles. The summed E-state index contributed by atoms with van der Waals surface area (Å²) in [6.45, 7) is 6.04. The molecule has 0 spiro atoms. The number of esters is 1. The maximum atomic E-state index is 10.7. The number of hydrogen-bond acceptors (Lipinski definition) is 3. The zero-order chi connectivity index (χ0) is 10.1.